The minimum Gasteiger partial charge on any atom is -0.486 e. The van der Waals surface area contributed by atoms with Crippen molar-refractivity contribution in [2.45, 2.75) is 6.61 Å². The van der Waals surface area contributed by atoms with Crippen molar-refractivity contribution < 1.29 is 14.6 Å². The van der Waals surface area contributed by atoms with Gasteiger partial charge in [0, 0.05) is 14.7 Å². The Hall–Kier alpha value is -0.850. The fourth-order valence-electron chi connectivity index (χ4n) is 1.15. The number of aromatic carboxylic acids is 1. The number of carboxylic acids is 1. The van der Waals surface area contributed by atoms with Gasteiger partial charge in [0.25, 0.3) is 0 Å². The molecule has 0 saturated carbocycles. The smallest absolute Gasteiger partial charge is 0.349 e. The molecule has 16 heavy (non-hydrogen) atoms. The molecule has 6 heteroatoms. The van der Waals surface area contributed by atoms with E-state index >= 15 is 0 Å². The molecule has 0 amide bonds. The van der Waals surface area contributed by atoms with Gasteiger partial charge < -0.3 is 9.84 Å². The van der Waals surface area contributed by atoms with Crippen LogP contribution in [0.3, 0.4) is 0 Å². The summed E-state index contributed by atoms with van der Waals surface area (Å²) in [5.41, 5.74) is 0. The first-order valence-corrected chi connectivity index (χ1v) is 6.88. The molecule has 0 bridgehead atoms. The van der Waals surface area contributed by atoms with Gasteiger partial charge in [0.1, 0.15) is 12.4 Å². The van der Waals surface area contributed by atoms with Crippen molar-refractivity contribution in [2.75, 3.05) is 0 Å². The Balaban J connectivity index is 2.04. The maximum absolute atomic E-state index is 10.8. The molecule has 3 nitrogen and oxygen atoms in total. The SMILES string of the molecule is O=C(O)c1sccc1OCc1cc(Br)cs1. The van der Waals surface area contributed by atoms with E-state index in [0.717, 1.165) is 9.35 Å². The first-order valence-electron chi connectivity index (χ1n) is 4.33. The summed E-state index contributed by atoms with van der Waals surface area (Å²) < 4.78 is 6.47. The van der Waals surface area contributed by atoms with E-state index in [1.165, 1.54) is 11.3 Å². The van der Waals surface area contributed by atoms with Crippen molar-refractivity contribution in [2.24, 2.45) is 0 Å². The molecule has 0 radical (unpaired) electrons. The van der Waals surface area contributed by atoms with Crippen molar-refractivity contribution in [3.8, 4) is 5.75 Å². The summed E-state index contributed by atoms with van der Waals surface area (Å²) in [7, 11) is 0. The van der Waals surface area contributed by atoms with Gasteiger partial charge >= 0.3 is 5.97 Å². The highest BCUT2D eigenvalue weighted by molar-refractivity contribution is 9.10. The maximum Gasteiger partial charge on any atom is 0.349 e. The van der Waals surface area contributed by atoms with E-state index in [2.05, 4.69) is 15.9 Å². The normalized spacial score (nSPS) is 10.3. The standard InChI is InChI=1S/C10H7BrO3S2/c11-6-3-7(16-5-6)4-14-8-1-2-15-9(8)10(12)13/h1-3,5H,4H2,(H,12,13). The number of halogens is 1. The number of carbonyl (C=O) groups is 1. The molecule has 0 aliphatic rings. The molecule has 84 valence electrons. The van der Waals surface area contributed by atoms with Crippen LogP contribution in [0.1, 0.15) is 14.5 Å². The molecule has 0 atom stereocenters. The van der Waals surface area contributed by atoms with Crippen LogP contribution < -0.4 is 4.74 Å². The summed E-state index contributed by atoms with van der Waals surface area (Å²) in [6, 6.07) is 3.63. The summed E-state index contributed by atoms with van der Waals surface area (Å²) in [6.07, 6.45) is 0. The van der Waals surface area contributed by atoms with E-state index in [1.807, 2.05) is 11.4 Å². The molecule has 0 unspecified atom stereocenters. The van der Waals surface area contributed by atoms with Gasteiger partial charge in [-0.05, 0) is 33.4 Å². The van der Waals surface area contributed by atoms with Gasteiger partial charge in [-0.15, -0.1) is 22.7 Å². The Bertz CT molecular complexity index is 504. The average molecular weight is 319 g/mol. The molecule has 2 heterocycles. The lowest BCUT2D eigenvalue weighted by Crippen LogP contribution is -1.98. The number of thiophene rings is 2. The van der Waals surface area contributed by atoms with Gasteiger partial charge in [-0.25, -0.2) is 4.79 Å². The summed E-state index contributed by atoms with van der Waals surface area (Å²) >= 11 is 6.09. The second kappa shape index (κ2) is 4.99. The number of hydrogen-bond acceptors (Lipinski definition) is 4. The summed E-state index contributed by atoms with van der Waals surface area (Å²) in [4.78, 5) is 12.1. The van der Waals surface area contributed by atoms with Crippen molar-refractivity contribution in [3.63, 3.8) is 0 Å². The van der Waals surface area contributed by atoms with Crippen molar-refractivity contribution in [3.05, 3.63) is 37.1 Å². The molecule has 0 aliphatic heterocycles. The van der Waals surface area contributed by atoms with Crippen molar-refractivity contribution >= 4 is 44.6 Å². The highest BCUT2D eigenvalue weighted by atomic mass is 79.9. The number of ether oxygens (including phenoxy) is 1. The third-order valence-electron chi connectivity index (χ3n) is 1.82. The van der Waals surface area contributed by atoms with E-state index < -0.39 is 5.97 Å². The van der Waals surface area contributed by atoms with Crippen LogP contribution in [0.25, 0.3) is 0 Å². The topological polar surface area (TPSA) is 46.5 Å². The van der Waals surface area contributed by atoms with Gasteiger partial charge in [0.15, 0.2) is 4.88 Å². The molecule has 0 saturated heterocycles. The highest BCUT2D eigenvalue weighted by Gasteiger charge is 2.13. The van der Waals surface area contributed by atoms with Gasteiger partial charge in [0.05, 0.1) is 0 Å². The molecule has 0 aromatic carbocycles. The zero-order chi connectivity index (χ0) is 11.5. The van der Waals surface area contributed by atoms with E-state index in [0.29, 0.717) is 12.4 Å². The monoisotopic (exact) mass is 318 g/mol. The van der Waals surface area contributed by atoms with Crippen LogP contribution >= 0.6 is 38.6 Å². The highest BCUT2D eigenvalue weighted by Crippen LogP contribution is 2.27. The summed E-state index contributed by atoms with van der Waals surface area (Å²) in [6.45, 7) is 0.396. The molecule has 1 N–H and O–H groups in total. The minimum atomic E-state index is -0.947. The van der Waals surface area contributed by atoms with Gasteiger partial charge in [-0.3, -0.25) is 0 Å². The zero-order valence-corrected chi connectivity index (χ0v) is 11.2. The maximum atomic E-state index is 10.8. The van der Waals surface area contributed by atoms with Crippen LogP contribution in [-0.4, -0.2) is 11.1 Å². The van der Waals surface area contributed by atoms with Crippen LogP contribution in [0.5, 0.6) is 5.75 Å². The van der Waals surface area contributed by atoms with Crippen molar-refractivity contribution in [1.82, 2.24) is 0 Å². The largest absolute Gasteiger partial charge is 0.486 e. The Labute approximate surface area is 108 Å². The lowest BCUT2D eigenvalue weighted by molar-refractivity contribution is 0.0697. The molecule has 0 aliphatic carbocycles. The Morgan fingerprint density at radius 3 is 2.94 bits per heavy atom. The van der Waals surface area contributed by atoms with E-state index in [-0.39, 0.29) is 4.88 Å². The van der Waals surface area contributed by atoms with Crippen molar-refractivity contribution in [1.29, 1.82) is 0 Å². The summed E-state index contributed by atoms with van der Waals surface area (Å²) in [5, 5.41) is 12.6. The molecular formula is C10H7BrO3S2. The zero-order valence-electron chi connectivity index (χ0n) is 7.97. The summed E-state index contributed by atoms with van der Waals surface area (Å²) in [5.74, 6) is -0.514. The Morgan fingerprint density at radius 2 is 2.31 bits per heavy atom. The predicted molar refractivity (Wildman–Crippen MR) is 67.6 cm³/mol. The number of rotatable bonds is 4. The van der Waals surface area contributed by atoms with E-state index in [9.17, 15) is 4.79 Å². The predicted octanol–water partition coefficient (Wildman–Crippen LogP) is 3.85. The molecular weight excluding hydrogens is 312 g/mol. The second-order valence-electron chi connectivity index (χ2n) is 2.94. The fourth-order valence-corrected chi connectivity index (χ4v) is 3.18. The molecule has 2 rings (SSSR count). The Morgan fingerprint density at radius 1 is 1.50 bits per heavy atom. The number of carboxylic acid groups (broad SMARTS) is 1. The van der Waals surface area contributed by atoms with Gasteiger partial charge in [0.2, 0.25) is 0 Å². The van der Waals surface area contributed by atoms with E-state index in [4.69, 9.17) is 9.84 Å². The molecule has 2 aromatic rings. The van der Waals surface area contributed by atoms with Crippen LogP contribution in [0, 0.1) is 0 Å². The molecule has 0 fully saturated rings. The molecule has 2 aromatic heterocycles. The van der Waals surface area contributed by atoms with E-state index in [1.54, 1.807) is 22.8 Å². The first-order chi connectivity index (χ1) is 7.66. The lowest BCUT2D eigenvalue weighted by atomic mass is 10.4. The average Bonchev–Trinajstić information content (AvgIpc) is 2.83. The lowest BCUT2D eigenvalue weighted by Gasteiger charge is -2.02. The minimum absolute atomic E-state index is 0.246. The Kier molecular flexibility index (Phi) is 3.63. The van der Waals surface area contributed by atoms with Crippen LogP contribution in [0.15, 0.2) is 27.4 Å². The van der Waals surface area contributed by atoms with Crippen LogP contribution in [-0.2, 0) is 6.61 Å². The number of hydrogen-bond donors (Lipinski definition) is 1. The van der Waals surface area contributed by atoms with Crippen LogP contribution in [0.2, 0.25) is 0 Å². The second-order valence-corrected chi connectivity index (χ2v) is 5.77. The fraction of sp³-hybridized carbons (Fsp3) is 0.100. The van der Waals surface area contributed by atoms with Gasteiger partial charge in [-0.1, -0.05) is 0 Å². The first kappa shape index (κ1) is 11.6. The molecule has 0 spiro atoms. The van der Waals surface area contributed by atoms with Crippen LogP contribution in [0.4, 0.5) is 0 Å². The quantitative estimate of drug-likeness (QED) is 0.931. The third kappa shape index (κ3) is 2.63. The third-order valence-corrected chi connectivity index (χ3v) is 4.37. The van der Waals surface area contributed by atoms with Gasteiger partial charge in [-0.2, -0.15) is 0 Å².